The zero-order valence-corrected chi connectivity index (χ0v) is 26.8. The van der Waals surface area contributed by atoms with Gasteiger partial charge >= 0.3 is 0 Å². The van der Waals surface area contributed by atoms with Crippen LogP contribution in [0.15, 0.2) is 76.2 Å². The second kappa shape index (κ2) is 10.8. The molecule has 0 aromatic heterocycles. The first kappa shape index (κ1) is 29.9. The van der Waals surface area contributed by atoms with Crippen LogP contribution in [0.2, 0.25) is 0 Å². The minimum absolute atomic E-state index is 0.154. The number of hydrogen-bond donors (Lipinski definition) is 1. The molecular formula is C37H43NO4S. The number of fused-ring (bicyclic) bond motifs is 4. The van der Waals surface area contributed by atoms with Crippen molar-refractivity contribution in [3.63, 3.8) is 0 Å². The van der Waals surface area contributed by atoms with E-state index in [1.165, 1.54) is 22.3 Å². The van der Waals surface area contributed by atoms with E-state index in [1.807, 2.05) is 20.2 Å². The zero-order valence-electron chi connectivity index (χ0n) is 26.0. The molecule has 0 bridgehead atoms. The van der Waals surface area contributed by atoms with Crippen LogP contribution in [0.3, 0.4) is 0 Å². The average molecular weight is 598 g/mol. The van der Waals surface area contributed by atoms with Crippen molar-refractivity contribution in [2.24, 2.45) is 17.3 Å². The first-order valence-electron chi connectivity index (χ1n) is 15.7. The number of nitrogens with zero attached hydrogens (tertiary/aromatic N) is 1. The van der Waals surface area contributed by atoms with Crippen molar-refractivity contribution in [3.8, 4) is 11.8 Å². The van der Waals surface area contributed by atoms with Gasteiger partial charge in [-0.05, 0) is 123 Å². The summed E-state index contributed by atoms with van der Waals surface area (Å²) in [5.74, 6) is 7.62. The van der Waals surface area contributed by atoms with Gasteiger partial charge in [0.25, 0.3) is 0 Å². The smallest absolute Gasteiger partial charge is 0.180 e. The highest BCUT2D eigenvalue weighted by atomic mass is 32.2. The van der Waals surface area contributed by atoms with E-state index in [2.05, 4.69) is 47.9 Å². The molecule has 2 fully saturated rings. The maximum Gasteiger partial charge on any atom is 0.180 e. The van der Waals surface area contributed by atoms with Crippen molar-refractivity contribution < 1.29 is 18.3 Å². The number of allylic oxidation sites excluding steroid dienone is 4. The van der Waals surface area contributed by atoms with E-state index in [-0.39, 0.29) is 11.7 Å². The maximum atomic E-state index is 12.6. The molecule has 5 nitrogen and oxygen atoms in total. The number of carbonyl (C=O) groups excluding carboxylic acids is 1. The van der Waals surface area contributed by atoms with Crippen LogP contribution in [0, 0.1) is 29.1 Å². The number of aliphatic hydroxyl groups is 1. The molecular weight excluding hydrogens is 554 g/mol. The summed E-state index contributed by atoms with van der Waals surface area (Å²) < 4.78 is 25.2. The third-order valence-electron chi connectivity index (χ3n) is 10.9. The molecule has 0 unspecified atom stereocenters. The van der Waals surface area contributed by atoms with Crippen molar-refractivity contribution in [1.82, 2.24) is 0 Å². The molecule has 4 aliphatic rings. The molecule has 1 N–H and O–H groups in total. The Bertz CT molecular complexity index is 1670. The summed E-state index contributed by atoms with van der Waals surface area (Å²) in [6.07, 6.45) is 7.55. The number of hydrogen-bond acceptors (Lipinski definition) is 5. The molecule has 6 heteroatoms. The highest BCUT2D eigenvalue weighted by Gasteiger charge is 2.62. The molecule has 2 aromatic carbocycles. The molecule has 0 spiro atoms. The third kappa shape index (κ3) is 4.99. The average Bonchev–Trinajstić information content (AvgIpc) is 3.25. The van der Waals surface area contributed by atoms with Gasteiger partial charge in [-0.15, -0.1) is 0 Å². The number of rotatable bonds is 4. The first-order chi connectivity index (χ1) is 20.3. The van der Waals surface area contributed by atoms with Gasteiger partial charge in [-0.2, -0.15) is 0 Å². The summed E-state index contributed by atoms with van der Waals surface area (Å²) in [4.78, 5) is 14.8. The SMILES string of the molecule is CC(C)S(=O)(=O)c1ccc(C#C[C@]2(O)CC[C@H]3[C@@H]4CCC5=CC(=O)CCC5=C4[C@@H](c4ccc(N(C)C)cc4)C[C@@]32C)cc1. The normalized spacial score (nSPS) is 30.2. The Morgan fingerprint density at radius 3 is 2.33 bits per heavy atom. The van der Waals surface area contributed by atoms with Crippen molar-refractivity contribution in [2.75, 3.05) is 19.0 Å². The fraction of sp³-hybridized carbons (Fsp3) is 0.486. The van der Waals surface area contributed by atoms with Gasteiger partial charge in [0.2, 0.25) is 0 Å². The predicted molar refractivity (Wildman–Crippen MR) is 172 cm³/mol. The van der Waals surface area contributed by atoms with E-state index in [0.29, 0.717) is 35.1 Å². The van der Waals surface area contributed by atoms with Crippen LogP contribution < -0.4 is 4.90 Å². The molecule has 43 heavy (non-hydrogen) atoms. The lowest BCUT2D eigenvalue weighted by Crippen LogP contribution is -2.51. The summed E-state index contributed by atoms with van der Waals surface area (Å²) in [7, 11) is 0.746. The lowest BCUT2D eigenvalue weighted by Gasteiger charge is -2.53. The van der Waals surface area contributed by atoms with Crippen molar-refractivity contribution in [3.05, 3.63) is 82.5 Å². The Morgan fingerprint density at radius 2 is 1.67 bits per heavy atom. The van der Waals surface area contributed by atoms with Gasteiger partial charge in [-0.3, -0.25) is 4.79 Å². The van der Waals surface area contributed by atoms with Gasteiger partial charge in [-0.1, -0.05) is 36.5 Å². The molecule has 2 saturated carbocycles. The van der Waals surface area contributed by atoms with Crippen molar-refractivity contribution >= 4 is 21.3 Å². The summed E-state index contributed by atoms with van der Waals surface area (Å²) in [6.45, 7) is 5.61. The fourth-order valence-electron chi connectivity index (χ4n) is 8.35. The molecule has 4 aliphatic carbocycles. The number of anilines is 1. The van der Waals surface area contributed by atoms with Crippen LogP contribution in [0.4, 0.5) is 5.69 Å². The molecule has 2 aromatic rings. The Kier molecular flexibility index (Phi) is 7.50. The van der Waals surface area contributed by atoms with E-state index in [4.69, 9.17) is 0 Å². The summed E-state index contributed by atoms with van der Waals surface area (Å²) >= 11 is 0. The quantitative estimate of drug-likeness (QED) is 0.401. The molecule has 0 saturated heterocycles. The summed E-state index contributed by atoms with van der Waals surface area (Å²) in [5.41, 5.74) is 5.69. The minimum Gasteiger partial charge on any atom is -0.378 e. The Labute approximate surface area is 257 Å². The van der Waals surface area contributed by atoms with Gasteiger partial charge in [0, 0.05) is 43.1 Å². The van der Waals surface area contributed by atoms with E-state index in [1.54, 1.807) is 38.1 Å². The van der Waals surface area contributed by atoms with Crippen LogP contribution in [0.5, 0.6) is 0 Å². The standard InChI is InChI=1S/C37H43NO4S/c1-24(2)43(41,42)30-14-6-25(7-15-30)18-20-37(40)21-19-34-32-16-10-27-22-29(39)13-17-31(27)35(32)33(23-36(34,37)3)26-8-11-28(12-9-26)38(4)5/h6-9,11-12,14-15,22,24,32-34,40H,10,13,16-17,19,21,23H2,1-5H3/t32-,33+,34-,36-,37-/m0/s1. The first-order valence-corrected chi connectivity index (χ1v) is 17.2. The number of carbonyl (C=O) groups is 1. The number of benzene rings is 2. The second-order valence-corrected chi connectivity index (χ2v) is 16.3. The van der Waals surface area contributed by atoms with Gasteiger partial charge in [-0.25, -0.2) is 8.42 Å². The van der Waals surface area contributed by atoms with Gasteiger partial charge in [0.05, 0.1) is 10.1 Å². The Balaban J connectivity index is 1.40. The number of sulfone groups is 1. The van der Waals surface area contributed by atoms with Gasteiger partial charge in [0.1, 0.15) is 5.60 Å². The van der Waals surface area contributed by atoms with E-state index in [9.17, 15) is 18.3 Å². The molecule has 0 aliphatic heterocycles. The lowest BCUT2D eigenvalue weighted by molar-refractivity contribution is -0.114. The molecule has 226 valence electrons. The van der Waals surface area contributed by atoms with Crippen molar-refractivity contribution in [2.45, 2.75) is 87.4 Å². The van der Waals surface area contributed by atoms with Crippen LogP contribution in [0.25, 0.3) is 0 Å². The summed E-state index contributed by atoms with van der Waals surface area (Å²) in [6, 6.07) is 15.6. The van der Waals surface area contributed by atoms with E-state index >= 15 is 0 Å². The number of ketones is 1. The Hall–Kier alpha value is -3.14. The van der Waals surface area contributed by atoms with E-state index in [0.717, 1.165) is 37.8 Å². The highest BCUT2D eigenvalue weighted by Crippen LogP contribution is 2.66. The molecule has 6 rings (SSSR count). The lowest BCUT2D eigenvalue weighted by atomic mass is 9.51. The highest BCUT2D eigenvalue weighted by molar-refractivity contribution is 7.92. The summed E-state index contributed by atoms with van der Waals surface area (Å²) in [5, 5.41) is 11.9. The third-order valence-corrected chi connectivity index (χ3v) is 13.1. The van der Waals surface area contributed by atoms with Crippen LogP contribution in [0.1, 0.15) is 82.8 Å². The molecule has 0 radical (unpaired) electrons. The van der Waals surface area contributed by atoms with Crippen LogP contribution in [-0.2, 0) is 14.6 Å². The van der Waals surface area contributed by atoms with Gasteiger partial charge in [0.15, 0.2) is 15.6 Å². The van der Waals surface area contributed by atoms with E-state index < -0.39 is 26.1 Å². The molecule has 0 amide bonds. The second-order valence-electron chi connectivity index (χ2n) is 13.7. The molecule has 0 heterocycles. The molecule has 5 atom stereocenters. The monoisotopic (exact) mass is 597 g/mol. The van der Waals surface area contributed by atoms with Crippen molar-refractivity contribution in [1.29, 1.82) is 0 Å². The minimum atomic E-state index is -3.35. The van der Waals surface area contributed by atoms with Crippen LogP contribution >= 0.6 is 0 Å². The zero-order chi connectivity index (χ0) is 30.7. The topological polar surface area (TPSA) is 74.7 Å². The largest absolute Gasteiger partial charge is 0.378 e. The van der Waals surface area contributed by atoms with Gasteiger partial charge < -0.3 is 10.0 Å². The predicted octanol–water partition coefficient (Wildman–Crippen LogP) is 6.62. The maximum absolute atomic E-state index is 12.6. The Morgan fingerprint density at radius 1 is 0.977 bits per heavy atom. The fourth-order valence-corrected chi connectivity index (χ4v) is 9.41. The van der Waals surface area contributed by atoms with Crippen LogP contribution in [-0.4, -0.2) is 44.3 Å².